The molecule has 1 saturated heterocycles. The number of piperazine rings is 1. The van der Waals surface area contributed by atoms with Crippen LogP contribution in [0.5, 0.6) is 0 Å². The van der Waals surface area contributed by atoms with Crippen LogP contribution in [0.1, 0.15) is 23.1 Å². The number of benzene rings is 1. The fourth-order valence-corrected chi connectivity index (χ4v) is 4.18. The van der Waals surface area contributed by atoms with E-state index in [1.165, 1.54) is 18.3 Å². The van der Waals surface area contributed by atoms with Crippen LogP contribution in [0.25, 0.3) is 0 Å². The van der Waals surface area contributed by atoms with Gasteiger partial charge in [0, 0.05) is 31.4 Å². The number of nitrogens with one attached hydrogen (secondary N) is 2. The Labute approximate surface area is 197 Å². The van der Waals surface area contributed by atoms with Crippen molar-refractivity contribution in [1.82, 2.24) is 15.2 Å². The number of nitrogens with zero attached hydrogens (tertiary/aromatic N) is 3. The van der Waals surface area contributed by atoms with Crippen molar-refractivity contribution in [2.24, 2.45) is 16.5 Å². The van der Waals surface area contributed by atoms with E-state index in [9.17, 15) is 9.59 Å². The molecule has 1 aromatic heterocycles. The van der Waals surface area contributed by atoms with Crippen molar-refractivity contribution in [3.05, 3.63) is 40.4 Å². The summed E-state index contributed by atoms with van der Waals surface area (Å²) in [5.74, 6) is -0.0865. The normalized spacial score (nSPS) is 13.4. The van der Waals surface area contributed by atoms with E-state index in [1.54, 1.807) is 0 Å². The molecule has 1 aliphatic heterocycles. The van der Waals surface area contributed by atoms with Gasteiger partial charge in [-0.3, -0.25) is 14.5 Å². The van der Waals surface area contributed by atoms with Crippen LogP contribution in [0.3, 0.4) is 0 Å². The molecule has 170 valence electrons. The molecule has 1 aromatic carbocycles. The van der Waals surface area contributed by atoms with E-state index < -0.39 is 0 Å². The first-order valence-corrected chi connectivity index (χ1v) is 10.1. The number of hydrogen-bond donors (Lipinski definition) is 4. The predicted molar refractivity (Wildman–Crippen MR) is 129 cm³/mol. The summed E-state index contributed by atoms with van der Waals surface area (Å²) in [6.45, 7) is 3.93. The number of aromatic nitrogens is 1. The third-order valence-electron chi connectivity index (χ3n) is 4.39. The topological polar surface area (TPSA) is 139 Å². The van der Waals surface area contributed by atoms with E-state index in [0.717, 1.165) is 35.5 Å². The second kappa shape index (κ2) is 12.5. The Kier molecular flexibility index (Phi) is 10.7. The molecule has 0 spiro atoms. The van der Waals surface area contributed by atoms with E-state index in [2.05, 4.69) is 25.5 Å². The highest BCUT2D eigenvalue weighted by Gasteiger charge is 2.20. The summed E-state index contributed by atoms with van der Waals surface area (Å²) >= 11 is 1.47. The summed E-state index contributed by atoms with van der Waals surface area (Å²) in [6.07, 6.45) is 1.52. The van der Waals surface area contributed by atoms with Crippen molar-refractivity contribution in [1.29, 1.82) is 0 Å². The average Bonchev–Trinajstić information content (AvgIpc) is 3.01. The molecule has 9 nitrogen and oxygen atoms in total. The van der Waals surface area contributed by atoms with Gasteiger partial charge >= 0.3 is 0 Å². The number of rotatable bonds is 7. The molecule has 0 unspecified atom stereocenters. The maximum Gasteiger partial charge on any atom is 0.234 e. The molecule has 3 rings (SSSR count). The standard InChI is InChI=1S/C19H25N7O2S.2ClH/c1-12(27)23-19-25-15(16(29-19)10-26-9-8-22-17(28)11-26)7-4-13-2-5-14(6-3-13)24-18(20)21;;/h2-3,5-6H,4,7-11H2,1H3,(H,22,28)(H4,20,21,24)(H,23,25,27);2*1H. The van der Waals surface area contributed by atoms with Gasteiger partial charge in [-0.1, -0.05) is 12.1 Å². The van der Waals surface area contributed by atoms with Gasteiger partial charge in [-0.2, -0.15) is 0 Å². The van der Waals surface area contributed by atoms with E-state index in [1.807, 2.05) is 24.3 Å². The fraction of sp³-hybridized carbons (Fsp3) is 0.368. The molecule has 2 heterocycles. The fourth-order valence-electron chi connectivity index (χ4n) is 3.08. The van der Waals surface area contributed by atoms with Gasteiger partial charge < -0.3 is 22.1 Å². The summed E-state index contributed by atoms with van der Waals surface area (Å²) < 4.78 is 0. The Morgan fingerprint density at radius 3 is 2.58 bits per heavy atom. The lowest BCUT2D eigenvalue weighted by molar-refractivity contribution is -0.124. The lowest BCUT2D eigenvalue weighted by Crippen LogP contribution is -2.47. The van der Waals surface area contributed by atoms with Gasteiger partial charge in [-0.05, 0) is 30.5 Å². The summed E-state index contributed by atoms with van der Waals surface area (Å²) in [7, 11) is 0. The Balaban J connectivity index is 0.00000240. The molecule has 2 aromatic rings. The molecule has 1 fully saturated rings. The van der Waals surface area contributed by atoms with Crippen LogP contribution >= 0.6 is 36.2 Å². The van der Waals surface area contributed by atoms with Crippen LogP contribution in [0.15, 0.2) is 29.3 Å². The molecule has 0 radical (unpaired) electrons. The summed E-state index contributed by atoms with van der Waals surface area (Å²) in [5, 5.41) is 6.19. The molecule has 1 aliphatic rings. The predicted octanol–water partition coefficient (Wildman–Crippen LogP) is 1.57. The highest BCUT2D eigenvalue weighted by atomic mass is 35.5. The number of aryl methyl sites for hydroxylation is 2. The first kappa shape index (κ1) is 26.6. The van der Waals surface area contributed by atoms with Crippen LogP contribution < -0.4 is 22.1 Å². The van der Waals surface area contributed by atoms with E-state index in [0.29, 0.717) is 30.5 Å². The number of carbonyl (C=O) groups is 2. The minimum Gasteiger partial charge on any atom is -0.370 e. The molecule has 31 heavy (non-hydrogen) atoms. The second-order valence-corrected chi connectivity index (χ2v) is 7.92. The highest BCUT2D eigenvalue weighted by molar-refractivity contribution is 7.15. The molecule has 2 amide bonds. The van der Waals surface area contributed by atoms with Crippen LogP contribution in [0, 0.1) is 0 Å². The zero-order valence-electron chi connectivity index (χ0n) is 17.1. The molecule has 12 heteroatoms. The van der Waals surface area contributed by atoms with Gasteiger partial charge in [-0.25, -0.2) is 9.98 Å². The first-order valence-electron chi connectivity index (χ1n) is 9.33. The zero-order chi connectivity index (χ0) is 20.8. The highest BCUT2D eigenvalue weighted by Crippen LogP contribution is 2.26. The number of anilines is 1. The van der Waals surface area contributed by atoms with Gasteiger partial charge in [0.15, 0.2) is 11.1 Å². The summed E-state index contributed by atoms with van der Waals surface area (Å²) in [4.78, 5) is 34.9. The molecule has 0 bridgehead atoms. The lowest BCUT2D eigenvalue weighted by atomic mass is 10.1. The molecule has 0 atom stereocenters. The quantitative estimate of drug-likeness (QED) is 0.345. The Morgan fingerprint density at radius 2 is 1.97 bits per heavy atom. The molecular formula is C19H27Cl2N7O2S. The largest absolute Gasteiger partial charge is 0.370 e. The number of aliphatic imine (C=N–C) groups is 1. The SMILES string of the molecule is CC(=O)Nc1nc(CCc2ccc(N=C(N)N)cc2)c(CN2CCNC(=O)C2)s1.Cl.Cl. The molecule has 0 aliphatic carbocycles. The van der Waals surface area contributed by atoms with Crippen LogP contribution in [0.4, 0.5) is 10.8 Å². The van der Waals surface area contributed by atoms with Gasteiger partial charge in [-0.15, -0.1) is 36.2 Å². The maximum absolute atomic E-state index is 11.7. The molecule has 6 N–H and O–H groups in total. The number of thiazole rings is 1. The Morgan fingerprint density at radius 1 is 1.26 bits per heavy atom. The minimum absolute atomic E-state index is 0. The third kappa shape index (κ3) is 8.33. The number of halogens is 2. The van der Waals surface area contributed by atoms with E-state index >= 15 is 0 Å². The number of amides is 2. The van der Waals surface area contributed by atoms with Crippen LogP contribution in [-0.4, -0.2) is 47.3 Å². The van der Waals surface area contributed by atoms with Crippen molar-refractivity contribution in [3.8, 4) is 0 Å². The van der Waals surface area contributed by atoms with Crippen molar-refractivity contribution in [2.45, 2.75) is 26.3 Å². The Bertz CT molecular complexity index is 914. The van der Waals surface area contributed by atoms with Crippen molar-refractivity contribution >= 4 is 64.7 Å². The monoisotopic (exact) mass is 487 g/mol. The van der Waals surface area contributed by atoms with Crippen molar-refractivity contribution in [3.63, 3.8) is 0 Å². The van der Waals surface area contributed by atoms with Gasteiger partial charge in [0.1, 0.15) is 0 Å². The lowest BCUT2D eigenvalue weighted by Gasteiger charge is -2.26. The molecular weight excluding hydrogens is 461 g/mol. The summed E-state index contributed by atoms with van der Waals surface area (Å²) in [5.41, 5.74) is 13.6. The number of carbonyl (C=O) groups excluding carboxylic acids is 2. The third-order valence-corrected chi connectivity index (χ3v) is 5.39. The first-order chi connectivity index (χ1) is 13.9. The number of guanidine groups is 1. The minimum atomic E-state index is -0.149. The average molecular weight is 488 g/mol. The van der Waals surface area contributed by atoms with Crippen molar-refractivity contribution in [2.75, 3.05) is 25.0 Å². The smallest absolute Gasteiger partial charge is 0.234 e. The van der Waals surface area contributed by atoms with Gasteiger partial charge in [0.05, 0.1) is 17.9 Å². The second-order valence-electron chi connectivity index (χ2n) is 6.83. The van der Waals surface area contributed by atoms with E-state index in [-0.39, 0.29) is 42.6 Å². The van der Waals surface area contributed by atoms with Gasteiger partial charge in [0.25, 0.3) is 0 Å². The summed E-state index contributed by atoms with van der Waals surface area (Å²) in [6, 6.07) is 7.70. The number of nitrogens with two attached hydrogens (primary N) is 2. The van der Waals surface area contributed by atoms with Crippen LogP contribution in [0.2, 0.25) is 0 Å². The maximum atomic E-state index is 11.7. The van der Waals surface area contributed by atoms with Crippen molar-refractivity contribution < 1.29 is 9.59 Å². The van der Waals surface area contributed by atoms with Gasteiger partial charge in [0.2, 0.25) is 11.8 Å². The zero-order valence-corrected chi connectivity index (χ0v) is 19.5. The van der Waals surface area contributed by atoms with Crippen LogP contribution in [-0.2, 0) is 29.0 Å². The van der Waals surface area contributed by atoms with E-state index in [4.69, 9.17) is 11.5 Å². The number of hydrogen-bond acceptors (Lipinski definition) is 6. The Hall–Kier alpha value is -2.40. The molecule has 0 saturated carbocycles.